The maximum Gasteiger partial charge on any atom is 0.265 e. The summed E-state index contributed by atoms with van der Waals surface area (Å²) in [6.45, 7) is 1.69. The Morgan fingerprint density at radius 2 is 2.00 bits per heavy atom. The van der Waals surface area contributed by atoms with Gasteiger partial charge in [0.2, 0.25) is 0 Å². The smallest absolute Gasteiger partial charge is 0.265 e. The predicted octanol–water partition coefficient (Wildman–Crippen LogP) is 3.43. The van der Waals surface area contributed by atoms with E-state index in [1.165, 1.54) is 11.3 Å². The van der Waals surface area contributed by atoms with Crippen LogP contribution in [0.4, 0.5) is 0 Å². The van der Waals surface area contributed by atoms with Crippen molar-refractivity contribution in [2.45, 2.75) is 12.8 Å². The lowest BCUT2D eigenvalue weighted by atomic mass is 10.2. The molecule has 0 atom stereocenters. The molecule has 1 fully saturated rings. The Morgan fingerprint density at radius 3 is 2.76 bits per heavy atom. The van der Waals surface area contributed by atoms with Crippen molar-refractivity contribution < 1.29 is 4.79 Å². The maximum atomic E-state index is 12.2. The molecule has 0 spiro atoms. The molecule has 1 aliphatic rings. The van der Waals surface area contributed by atoms with Crippen LogP contribution in [0.1, 0.15) is 33.1 Å². The van der Waals surface area contributed by atoms with E-state index in [4.69, 9.17) is 11.6 Å². The van der Waals surface area contributed by atoms with Gasteiger partial charge in [0, 0.05) is 18.7 Å². The van der Waals surface area contributed by atoms with E-state index in [2.05, 4.69) is 16.8 Å². The van der Waals surface area contributed by atoms with Gasteiger partial charge >= 0.3 is 0 Å². The van der Waals surface area contributed by atoms with Crippen LogP contribution in [0.25, 0.3) is 0 Å². The van der Waals surface area contributed by atoms with Crippen LogP contribution in [0, 0.1) is 11.8 Å². The second-order valence-electron chi connectivity index (χ2n) is 4.76. The van der Waals surface area contributed by atoms with E-state index in [1.54, 1.807) is 12.3 Å². The normalized spacial score (nSPS) is 13.9. The molecule has 0 unspecified atom stereocenters. The third-order valence-electron chi connectivity index (χ3n) is 3.29. The molecule has 2 aromatic rings. The summed E-state index contributed by atoms with van der Waals surface area (Å²) >= 11 is 7.39. The summed E-state index contributed by atoms with van der Waals surface area (Å²) in [6, 6.07) is 7.42. The van der Waals surface area contributed by atoms with Gasteiger partial charge in [-0.25, -0.2) is 4.98 Å². The molecule has 3 rings (SSSR count). The molecule has 0 saturated carbocycles. The van der Waals surface area contributed by atoms with Crippen LogP contribution in [0.2, 0.25) is 5.02 Å². The molecule has 106 valence electrons. The fourth-order valence-corrected chi connectivity index (χ4v) is 3.11. The van der Waals surface area contributed by atoms with E-state index >= 15 is 0 Å². The molecular weight excluding hydrogens is 304 g/mol. The number of rotatable bonds is 1. The molecule has 1 amide bonds. The van der Waals surface area contributed by atoms with Crippen LogP contribution in [0.5, 0.6) is 0 Å². The van der Waals surface area contributed by atoms with Gasteiger partial charge in [0.05, 0.1) is 11.2 Å². The largest absolute Gasteiger partial charge is 0.338 e. The fourth-order valence-electron chi connectivity index (χ4n) is 2.19. The molecule has 0 N–H and O–H groups in total. The molecule has 5 heteroatoms. The lowest BCUT2D eigenvalue weighted by Gasteiger charge is -2.12. The van der Waals surface area contributed by atoms with Crippen LogP contribution < -0.4 is 0 Å². The Balaban J connectivity index is 1.77. The first-order chi connectivity index (χ1) is 10.2. The van der Waals surface area contributed by atoms with Gasteiger partial charge in [-0.1, -0.05) is 29.7 Å². The Kier molecular flexibility index (Phi) is 4.23. The Hall–Kier alpha value is -1.83. The van der Waals surface area contributed by atoms with Crippen LogP contribution in [-0.4, -0.2) is 28.9 Å². The van der Waals surface area contributed by atoms with Gasteiger partial charge in [0.15, 0.2) is 5.01 Å². The van der Waals surface area contributed by atoms with Crippen LogP contribution in [0.15, 0.2) is 30.5 Å². The van der Waals surface area contributed by atoms with Crippen molar-refractivity contribution in [1.82, 2.24) is 9.88 Å². The molecule has 2 heterocycles. The number of carbonyl (C=O) groups is 1. The molecule has 1 aliphatic heterocycles. The highest BCUT2D eigenvalue weighted by Gasteiger charge is 2.21. The first kappa shape index (κ1) is 14.1. The van der Waals surface area contributed by atoms with E-state index in [1.807, 2.05) is 23.1 Å². The van der Waals surface area contributed by atoms with Crippen molar-refractivity contribution in [1.29, 1.82) is 0 Å². The molecule has 0 radical (unpaired) electrons. The van der Waals surface area contributed by atoms with E-state index < -0.39 is 0 Å². The summed E-state index contributed by atoms with van der Waals surface area (Å²) in [6.07, 6.45) is 3.79. The highest BCUT2D eigenvalue weighted by molar-refractivity contribution is 7.14. The van der Waals surface area contributed by atoms with Crippen molar-refractivity contribution in [3.05, 3.63) is 50.9 Å². The van der Waals surface area contributed by atoms with Gasteiger partial charge in [0.25, 0.3) is 5.91 Å². The number of amides is 1. The standard InChI is InChI=1S/C16H13ClN2OS/c17-13-6-2-1-5-12(13)7-8-15-18-11-14(21-15)16(20)19-9-3-4-10-19/h1-2,5-6,11H,3-4,9-10H2. The number of aromatic nitrogens is 1. The van der Waals surface area contributed by atoms with Crippen LogP contribution in [-0.2, 0) is 0 Å². The molecule has 1 saturated heterocycles. The molecule has 1 aromatic heterocycles. The first-order valence-corrected chi connectivity index (χ1v) is 7.95. The van der Waals surface area contributed by atoms with E-state index in [0.717, 1.165) is 31.5 Å². The lowest BCUT2D eigenvalue weighted by Crippen LogP contribution is -2.26. The van der Waals surface area contributed by atoms with Gasteiger partial charge < -0.3 is 4.90 Å². The average molecular weight is 317 g/mol. The summed E-state index contributed by atoms with van der Waals surface area (Å²) in [4.78, 5) is 19.0. The molecular formula is C16H13ClN2OS. The Morgan fingerprint density at radius 1 is 1.24 bits per heavy atom. The van der Waals surface area contributed by atoms with Gasteiger partial charge in [-0.2, -0.15) is 0 Å². The zero-order chi connectivity index (χ0) is 14.7. The number of hydrogen-bond donors (Lipinski definition) is 0. The summed E-state index contributed by atoms with van der Waals surface area (Å²) in [7, 11) is 0. The zero-order valence-corrected chi connectivity index (χ0v) is 12.9. The number of nitrogens with zero attached hydrogens (tertiary/aromatic N) is 2. The first-order valence-electron chi connectivity index (χ1n) is 6.76. The summed E-state index contributed by atoms with van der Waals surface area (Å²) < 4.78 is 0. The van der Waals surface area contributed by atoms with E-state index in [0.29, 0.717) is 14.9 Å². The average Bonchev–Trinajstić information content (AvgIpc) is 3.17. The number of likely N-dealkylation sites (tertiary alicyclic amines) is 1. The highest BCUT2D eigenvalue weighted by atomic mass is 35.5. The topological polar surface area (TPSA) is 33.2 Å². The number of hydrogen-bond acceptors (Lipinski definition) is 3. The molecule has 1 aromatic carbocycles. The number of carbonyl (C=O) groups excluding carboxylic acids is 1. The van der Waals surface area contributed by atoms with Crippen molar-refractivity contribution in [2.24, 2.45) is 0 Å². The highest BCUT2D eigenvalue weighted by Crippen LogP contribution is 2.18. The van der Waals surface area contributed by atoms with Gasteiger partial charge in [0.1, 0.15) is 4.88 Å². The fraction of sp³-hybridized carbons (Fsp3) is 0.250. The summed E-state index contributed by atoms with van der Waals surface area (Å²) in [5.74, 6) is 6.03. The molecule has 0 aliphatic carbocycles. The second-order valence-corrected chi connectivity index (χ2v) is 6.20. The van der Waals surface area contributed by atoms with Gasteiger partial charge in [-0.05, 0) is 30.9 Å². The summed E-state index contributed by atoms with van der Waals surface area (Å²) in [5.41, 5.74) is 0.766. The Labute approximate surface area is 132 Å². The van der Waals surface area contributed by atoms with Crippen molar-refractivity contribution >= 4 is 28.8 Å². The van der Waals surface area contributed by atoms with Crippen LogP contribution >= 0.6 is 22.9 Å². The lowest BCUT2D eigenvalue weighted by molar-refractivity contribution is 0.0797. The van der Waals surface area contributed by atoms with Crippen molar-refractivity contribution in [2.75, 3.05) is 13.1 Å². The van der Waals surface area contributed by atoms with Crippen molar-refractivity contribution in [3.63, 3.8) is 0 Å². The minimum Gasteiger partial charge on any atom is -0.338 e. The number of benzene rings is 1. The van der Waals surface area contributed by atoms with Gasteiger partial charge in [-0.3, -0.25) is 4.79 Å². The quantitative estimate of drug-likeness (QED) is 0.755. The van der Waals surface area contributed by atoms with E-state index in [-0.39, 0.29) is 5.91 Å². The molecule has 3 nitrogen and oxygen atoms in total. The second kappa shape index (κ2) is 6.30. The van der Waals surface area contributed by atoms with E-state index in [9.17, 15) is 4.79 Å². The third-order valence-corrected chi connectivity index (χ3v) is 4.52. The monoisotopic (exact) mass is 316 g/mol. The zero-order valence-electron chi connectivity index (χ0n) is 11.3. The number of halogens is 1. The third kappa shape index (κ3) is 3.26. The SMILES string of the molecule is O=C(c1cnc(C#Cc2ccccc2Cl)s1)N1CCCC1. The Bertz CT molecular complexity index is 723. The predicted molar refractivity (Wildman–Crippen MR) is 84.7 cm³/mol. The minimum absolute atomic E-state index is 0.0655. The van der Waals surface area contributed by atoms with Crippen molar-refractivity contribution in [3.8, 4) is 11.8 Å². The van der Waals surface area contributed by atoms with Crippen LogP contribution in [0.3, 0.4) is 0 Å². The maximum absolute atomic E-state index is 12.2. The van der Waals surface area contributed by atoms with Gasteiger partial charge in [-0.15, -0.1) is 11.3 Å². The molecule has 21 heavy (non-hydrogen) atoms. The minimum atomic E-state index is 0.0655. The summed E-state index contributed by atoms with van der Waals surface area (Å²) in [5, 5.41) is 1.26. The number of thiazole rings is 1. The molecule has 0 bridgehead atoms.